The molecule has 1 aromatic carbocycles. The Morgan fingerprint density at radius 2 is 2.15 bits per heavy atom. The van der Waals surface area contributed by atoms with Crippen molar-refractivity contribution in [3.8, 4) is 11.3 Å². The molecule has 2 N–H and O–H groups in total. The van der Waals surface area contributed by atoms with Crippen LogP contribution in [0.25, 0.3) is 11.3 Å². The molecule has 0 saturated carbocycles. The second-order valence-corrected chi connectivity index (χ2v) is 6.83. The van der Waals surface area contributed by atoms with Crippen LogP contribution in [0.3, 0.4) is 0 Å². The number of anilines is 1. The largest absolute Gasteiger partial charge is 0.424 e. The zero-order valence-electron chi connectivity index (χ0n) is 15.2. The van der Waals surface area contributed by atoms with Crippen molar-refractivity contribution in [1.82, 2.24) is 25.3 Å². The predicted octanol–water partition coefficient (Wildman–Crippen LogP) is 2.62. The van der Waals surface area contributed by atoms with E-state index in [1.165, 1.54) is 0 Å². The predicted molar refractivity (Wildman–Crippen MR) is 99.7 cm³/mol. The molecule has 3 aromatic rings. The van der Waals surface area contributed by atoms with E-state index in [0.717, 1.165) is 36.3 Å². The summed E-state index contributed by atoms with van der Waals surface area (Å²) < 4.78 is 5.45. The summed E-state index contributed by atoms with van der Waals surface area (Å²) in [6.07, 6.45) is 3.58. The van der Waals surface area contributed by atoms with Crippen molar-refractivity contribution in [2.45, 2.75) is 26.3 Å². The highest BCUT2D eigenvalue weighted by Gasteiger charge is 2.26. The number of amides is 1. The van der Waals surface area contributed by atoms with Gasteiger partial charge in [-0.15, -0.1) is 10.2 Å². The quantitative estimate of drug-likeness (QED) is 0.720. The van der Waals surface area contributed by atoms with Crippen molar-refractivity contribution in [3.05, 3.63) is 48.3 Å². The van der Waals surface area contributed by atoms with Crippen LogP contribution >= 0.6 is 0 Å². The van der Waals surface area contributed by atoms with Gasteiger partial charge in [0.05, 0.1) is 18.2 Å². The summed E-state index contributed by atoms with van der Waals surface area (Å²) >= 11 is 0. The summed E-state index contributed by atoms with van der Waals surface area (Å²) in [6.45, 7) is 3.99. The number of piperidine rings is 1. The van der Waals surface area contributed by atoms with Crippen LogP contribution in [-0.4, -0.2) is 44.3 Å². The monoisotopic (exact) mass is 366 g/mol. The molecule has 2 aromatic heterocycles. The Bertz CT molecular complexity index is 887. The number of H-pyrrole nitrogens is 1. The Morgan fingerprint density at radius 3 is 2.85 bits per heavy atom. The molecular weight excluding hydrogens is 344 g/mol. The summed E-state index contributed by atoms with van der Waals surface area (Å²) in [4.78, 5) is 14.9. The van der Waals surface area contributed by atoms with Gasteiger partial charge in [0, 0.05) is 25.4 Å². The number of aryl methyl sites for hydroxylation is 1. The lowest BCUT2D eigenvalue weighted by Crippen LogP contribution is -2.40. The number of benzene rings is 1. The number of aromatic nitrogens is 4. The summed E-state index contributed by atoms with van der Waals surface area (Å²) in [6, 6.07) is 9.67. The Kier molecular flexibility index (Phi) is 4.97. The first-order valence-corrected chi connectivity index (χ1v) is 9.09. The maximum atomic E-state index is 12.7. The lowest BCUT2D eigenvalue weighted by atomic mass is 9.97. The standard InChI is InChI=1S/C19H22N6O2/c1-13-22-24-18(27-13)12-25-10-2-3-15(11-25)19(26)21-16-6-4-14(5-7-16)17-8-9-20-23-17/h4-9,15H,2-3,10-12H2,1H3,(H,20,23)(H,21,26). The topological polar surface area (TPSA) is 99.9 Å². The minimum absolute atomic E-state index is 0.0462. The minimum atomic E-state index is -0.0462. The molecule has 1 atom stereocenters. The zero-order valence-corrected chi connectivity index (χ0v) is 15.2. The summed E-state index contributed by atoms with van der Waals surface area (Å²) in [5.41, 5.74) is 2.78. The molecule has 1 unspecified atom stereocenters. The van der Waals surface area contributed by atoms with E-state index in [0.29, 0.717) is 24.9 Å². The maximum Gasteiger partial charge on any atom is 0.230 e. The Labute approximate surface area is 157 Å². The van der Waals surface area contributed by atoms with Gasteiger partial charge in [-0.3, -0.25) is 14.8 Å². The third kappa shape index (κ3) is 4.22. The molecule has 1 aliphatic rings. The molecular formula is C19H22N6O2. The van der Waals surface area contributed by atoms with Crippen LogP contribution in [-0.2, 0) is 11.3 Å². The van der Waals surface area contributed by atoms with E-state index in [2.05, 4.69) is 30.6 Å². The van der Waals surface area contributed by atoms with Gasteiger partial charge < -0.3 is 9.73 Å². The number of aromatic amines is 1. The lowest BCUT2D eigenvalue weighted by molar-refractivity contribution is -0.121. The number of hydrogen-bond donors (Lipinski definition) is 2. The van der Waals surface area contributed by atoms with Gasteiger partial charge in [0.15, 0.2) is 0 Å². The van der Waals surface area contributed by atoms with E-state index in [9.17, 15) is 4.79 Å². The number of rotatable bonds is 5. The van der Waals surface area contributed by atoms with Crippen LogP contribution in [0.5, 0.6) is 0 Å². The molecule has 1 fully saturated rings. The molecule has 8 nitrogen and oxygen atoms in total. The molecule has 0 bridgehead atoms. The van der Waals surface area contributed by atoms with Crippen molar-refractivity contribution in [2.24, 2.45) is 5.92 Å². The second-order valence-electron chi connectivity index (χ2n) is 6.83. The number of likely N-dealkylation sites (tertiary alicyclic amines) is 1. The fraction of sp³-hybridized carbons (Fsp3) is 0.368. The van der Waals surface area contributed by atoms with E-state index >= 15 is 0 Å². The summed E-state index contributed by atoms with van der Waals surface area (Å²) in [7, 11) is 0. The smallest absolute Gasteiger partial charge is 0.230 e. The molecule has 4 rings (SSSR count). The van der Waals surface area contributed by atoms with Gasteiger partial charge in [0.25, 0.3) is 0 Å². The van der Waals surface area contributed by atoms with Crippen molar-refractivity contribution in [2.75, 3.05) is 18.4 Å². The highest BCUT2D eigenvalue weighted by Crippen LogP contribution is 2.22. The first-order chi connectivity index (χ1) is 13.2. The van der Waals surface area contributed by atoms with Crippen molar-refractivity contribution in [1.29, 1.82) is 0 Å². The van der Waals surface area contributed by atoms with Crippen LogP contribution in [0, 0.1) is 12.8 Å². The van der Waals surface area contributed by atoms with Gasteiger partial charge in [-0.05, 0) is 43.1 Å². The molecule has 1 amide bonds. The van der Waals surface area contributed by atoms with Crippen LogP contribution in [0.4, 0.5) is 5.69 Å². The highest BCUT2D eigenvalue weighted by molar-refractivity contribution is 5.93. The normalized spacial score (nSPS) is 17.7. The van der Waals surface area contributed by atoms with Gasteiger partial charge in [-0.1, -0.05) is 12.1 Å². The van der Waals surface area contributed by atoms with Crippen molar-refractivity contribution >= 4 is 11.6 Å². The van der Waals surface area contributed by atoms with Crippen LogP contribution < -0.4 is 5.32 Å². The molecule has 140 valence electrons. The first-order valence-electron chi connectivity index (χ1n) is 9.09. The maximum absolute atomic E-state index is 12.7. The number of nitrogens with one attached hydrogen (secondary N) is 2. The number of hydrogen-bond acceptors (Lipinski definition) is 6. The molecule has 8 heteroatoms. The average molecular weight is 366 g/mol. The molecule has 0 spiro atoms. The molecule has 27 heavy (non-hydrogen) atoms. The number of carbonyl (C=O) groups is 1. The van der Waals surface area contributed by atoms with Crippen molar-refractivity contribution < 1.29 is 9.21 Å². The highest BCUT2D eigenvalue weighted by atomic mass is 16.4. The van der Waals surface area contributed by atoms with Gasteiger partial charge in [0.2, 0.25) is 17.7 Å². The van der Waals surface area contributed by atoms with Gasteiger partial charge in [-0.2, -0.15) is 5.10 Å². The Hall–Kier alpha value is -3.00. The van der Waals surface area contributed by atoms with Crippen LogP contribution in [0.15, 0.2) is 40.9 Å². The number of carbonyl (C=O) groups excluding carboxylic acids is 1. The van der Waals surface area contributed by atoms with E-state index in [4.69, 9.17) is 4.42 Å². The zero-order chi connectivity index (χ0) is 18.6. The molecule has 1 saturated heterocycles. The minimum Gasteiger partial charge on any atom is -0.424 e. The summed E-state index contributed by atoms with van der Waals surface area (Å²) in [5, 5.41) is 17.8. The molecule has 1 aliphatic heterocycles. The van der Waals surface area contributed by atoms with Crippen LogP contribution in [0.2, 0.25) is 0 Å². The van der Waals surface area contributed by atoms with E-state index in [1.807, 2.05) is 30.3 Å². The number of nitrogens with zero attached hydrogens (tertiary/aromatic N) is 4. The Balaban J connectivity index is 1.34. The fourth-order valence-electron chi connectivity index (χ4n) is 3.40. The third-order valence-corrected chi connectivity index (χ3v) is 4.77. The molecule has 0 radical (unpaired) electrons. The third-order valence-electron chi connectivity index (χ3n) is 4.77. The molecule has 0 aliphatic carbocycles. The summed E-state index contributed by atoms with van der Waals surface area (Å²) in [5.74, 6) is 1.17. The molecule has 3 heterocycles. The SMILES string of the molecule is Cc1nnc(CN2CCCC(C(=O)Nc3ccc(-c4ccn[nH]4)cc3)C2)o1. The van der Waals surface area contributed by atoms with E-state index < -0.39 is 0 Å². The Morgan fingerprint density at radius 1 is 1.30 bits per heavy atom. The average Bonchev–Trinajstić information content (AvgIpc) is 3.35. The fourth-order valence-corrected chi connectivity index (χ4v) is 3.40. The lowest BCUT2D eigenvalue weighted by Gasteiger charge is -2.30. The van der Waals surface area contributed by atoms with Crippen molar-refractivity contribution in [3.63, 3.8) is 0 Å². The van der Waals surface area contributed by atoms with Gasteiger partial charge in [0.1, 0.15) is 0 Å². The van der Waals surface area contributed by atoms with E-state index in [-0.39, 0.29) is 11.8 Å². The van der Waals surface area contributed by atoms with E-state index in [1.54, 1.807) is 13.1 Å². The van der Waals surface area contributed by atoms with Gasteiger partial charge >= 0.3 is 0 Å². The second kappa shape index (κ2) is 7.71. The first kappa shape index (κ1) is 17.4. The van der Waals surface area contributed by atoms with Crippen LogP contribution in [0.1, 0.15) is 24.6 Å². The van der Waals surface area contributed by atoms with Gasteiger partial charge in [-0.25, -0.2) is 0 Å².